The first-order valence-electron chi connectivity index (χ1n) is 6.85. The number of imidazole rings is 1. The third-order valence-electron chi connectivity index (χ3n) is 4.02. The van der Waals surface area contributed by atoms with Crippen molar-refractivity contribution in [2.75, 3.05) is 32.1 Å². The minimum atomic E-state index is 0.619. The maximum Gasteiger partial charge on any atom is 0.124 e. The van der Waals surface area contributed by atoms with Gasteiger partial charge in [0.1, 0.15) is 10.9 Å². The van der Waals surface area contributed by atoms with Crippen LogP contribution in [0.5, 0.6) is 0 Å². The standard InChI is InChI=1S/C15H19BrN4/c1-18-8-7-14(9-18)19(2)12-3-5-13(6-4-12)20-10-15(16)17-11-20/h3-6,10-11,14H,7-9H2,1-2H3/t14-/m0/s1. The summed E-state index contributed by atoms with van der Waals surface area (Å²) in [4.78, 5) is 8.96. The van der Waals surface area contributed by atoms with Crippen molar-refractivity contribution in [3.63, 3.8) is 0 Å². The van der Waals surface area contributed by atoms with Crippen LogP contribution in [-0.2, 0) is 0 Å². The minimum absolute atomic E-state index is 0.619. The Balaban J connectivity index is 1.75. The summed E-state index contributed by atoms with van der Waals surface area (Å²) >= 11 is 3.37. The van der Waals surface area contributed by atoms with Crippen LogP contribution in [0.2, 0.25) is 0 Å². The van der Waals surface area contributed by atoms with E-state index in [2.05, 4.69) is 69.1 Å². The molecule has 1 aliphatic rings. The highest BCUT2D eigenvalue weighted by Crippen LogP contribution is 2.22. The summed E-state index contributed by atoms with van der Waals surface area (Å²) in [6.45, 7) is 2.34. The third kappa shape index (κ3) is 2.74. The molecule has 3 rings (SSSR count). The van der Waals surface area contributed by atoms with Crippen molar-refractivity contribution < 1.29 is 0 Å². The normalized spacial score (nSPS) is 19.4. The predicted octanol–water partition coefficient (Wildman–Crippen LogP) is 2.78. The number of hydrogen-bond acceptors (Lipinski definition) is 3. The van der Waals surface area contributed by atoms with Gasteiger partial charge in [0.15, 0.2) is 0 Å². The molecule has 0 spiro atoms. The Morgan fingerprint density at radius 2 is 2.05 bits per heavy atom. The lowest BCUT2D eigenvalue weighted by atomic mass is 10.2. The number of hydrogen-bond donors (Lipinski definition) is 0. The molecule has 1 saturated heterocycles. The fraction of sp³-hybridized carbons (Fsp3) is 0.400. The number of anilines is 1. The molecule has 5 heteroatoms. The van der Waals surface area contributed by atoms with Crippen molar-refractivity contribution in [3.8, 4) is 5.69 Å². The molecule has 106 valence electrons. The van der Waals surface area contributed by atoms with Gasteiger partial charge in [-0.1, -0.05) is 0 Å². The Morgan fingerprint density at radius 3 is 2.60 bits per heavy atom. The first kappa shape index (κ1) is 13.6. The van der Waals surface area contributed by atoms with Gasteiger partial charge in [0, 0.05) is 37.2 Å². The lowest BCUT2D eigenvalue weighted by Gasteiger charge is -2.26. The van der Waals surface area contributed by atoms with Gasteiger partial charge in [0.05, 0.1) is 0 Å². The van der Waals surface area contributed by atoms with Crippen LogP contribution in [0.4, 0.5) is 5.69 Å². The van der Waals surface area contributed by atoms with Gasteiger partial charge in [-0.15, -0.1) is 0 Å². The largest absolute Gasteiger partial charge is 0.370 e. The van der Waals surface area contributed by atoms with Gasteiger partial charge in [-0.3, -0.25) is 0 Å². The zero-order chi connectivity index (χ0) is 14.1. The Hall–Kier alpha value is -1.33. The van der Waals surface area contributed by atoms with Crippen LogP contribution in [0.25, 0.3) is 5.69 Å². The van der Waals surface area contributed by atoms with Gasteiger partial charge in [-0.25, -0.2) is 4.98 Å². The fourth-order valence-corrected chi connectivity index (χ4v) is 3.05. The Bertz CT molecular complexity index is 578. The molecule has 1 fully saturated rings. The summed E-state index contributed by atoms with van der Waals surface area (Å²) in [5.74, 6) is 0. The summed E-state index contributed by atoms with van der Waals surface area (Å²) in [6.07, 6.45) is 5.02. The van der Waals surface area contributed by atoms with E-state index in [4.69, 9.17) is 0 Å². The van der Waals surface area contributed by atoms with Crippen molar-refractivity contribution in [2.24, 2.45) is 0 Å². The summed E-state index contributed by atoms with van der Waals surface area (Å²) in [7, 11) is 4.38. The van der Waals surface area contributed by atoms with Gasteiger partial charge < -0.3 is 14.4 Å². The Morgan fingerprint density at radius 1 is 1.30 bits per heavy atom. The molecular formula is C15H19BrN4. The maximum absolute atomic E-state index is 4.19. The highest BCUT2D eigenvalue weighted by molar-refractivity contribution is 9.10. The quantitative estimate of drug-likeness (QED) is 0.862. The van der Waals surface area contributed by atoms with Gasteiger partial charge in [0.2, 0.25) is 0 Å². The van der Waals surface area contributed by atoms with Gasteiger partial charge in [-0.05, 0) is 60.2 Å². The van der Waals surface area contributed by atoms with Crippen LogP contribution in [0.1, 0.15) is 6.42 Å². The molecule has 1 aromatic heterocycles. The maximum atomic E-state index is 4.19. The summed E-state index contributed by atoms with van der Waals surface area (Å²) < 4.78 is 2.87. The van der Waals surface area contributed by atoms with Crippen LogP contribution >= 0.6 is 15.9 Å². The van der Waals surface area contributed by atoms with E-state index in [0.29, 0.717) is 6.04 Å². The SMILES string of the molecule is CN1CC[C@H](N(C)c2ccc(-n3cnc(Br)c3)cc2)C1. The highest BCUT2D eigenvalue weighted by Gasteiger charge is 2.23. The summed E-state index contributed by atoms with van der Waals surface area (Å²) in [5.41, 5.74) is 2.40. The van der Waals surface area contributed by atoms with E-state index in [1.165, 1.54) is 18.7 Å². The topological polar surface area (TPSA) is 24.3 Å². The van der Waals surface area contributed by atoms with Crippen LogP contribution < -0.4 is 4.90 Å². The molecule has 2 aromatic rings. The number of likely N-dealkylation sites (N-methyl/N-ethyl adjacent to an activating group) is 2. The van der Waals surface area contributed by atoms with Gasteiger partial charge in [0.25, 0.3) is 0 Å². The van der Waals surface area contributed by atoms with Crippen LogP contribution in [0, 0.1) is 0 Å². The average molecular weight is 335 g/mol. The minimum Gasteiger partial charge on any atom is -0.370 e. The molecule has 0 N–H and O–H groups in total. The smallest absolute Gasteiger partial charge is 0.124 e. The lowest BCUT2D eigenvalue weighted by Crippen LogP contribution is -2.33. The molecule has 0 aliphatic carbocycles. The van der Waals surface area contributed by atoms with Crippen LogP contribution in [0.3, 0.4) is 0 Å². The number of aromatic nitrogens is 2. The highest BCUT2D eigenvalue weighted by atomic mass is 79.9. The zero-order valence-electron chi connectivity index (χ0n) is 11.8. The summed E-state index contributed by atoms with van der Waals surface area (Å²) in [5, 5.41) is 0. The van der Waals surface area contributed by atoms with E-state index in [9.17, 15) is 0 Å². The monoisotopic (exact) mass is 334 g/mol. The van der Waals surface area contributed by atoms with Gasteiger partial charge in [-0.2, -0.15) is 0 Å². The average Bonchev–Trinajstić information content (AvgIpc) is 3.07. The van der Waals surface area contributed by atoms with Crippen molar-refractivity contribution >= 4 is 21.6 Å². The first-order valence-corrected chi connectivity index (χ1v) is 7.64. The second kappa shape index (κ2) is 5.58. The van der Waals surface area contributed by atoms with Crippen molar-refractivity contribution in [1.29, 1.82) is 0 Å². The van der Waals surface area contributed by atoms with Crippen molar-refractivity contribution in [1.82, 2.24) is 14.5 Å². The van der Waals surface area contributed by atoms with E-state index < -0.39 is 0 Å². The second-order valence-corrected chi connectivity index (χ2v) is 6.25. The van der Waals surface area contributed by atoms with E-state index in [1.54, 1.807) is 0 Å². The van der Waals surface area contributed by atoms with E-state index in [1.807, 2.05) is 17.1 Å². The molecule has 1 aromatic carbocycles. The third-order valence-corrected chi connectivity index (χ3v) is 4.43. The molecule has 0 bridgehead atoms. The molecule has 2 heterocycles. The lowest BCUT2D eigenvalue weighted by molar-refractivity contribution is 0.409. The number of rotatable bonds is 3. The number of nitrogens with zero attached hydrogens (tertiary/aromatic N) is 4. The molecule has 20 heavy (non-hydrogen) atoms. The predicted molar refractivity (Wildman–Crippen MR) is 85.6 cm³/mol. The van der Waals surface area contributed by atoms with E-state index >= 15 is 0 Å². The van der Waals surface area contributed by atoms with E-state index in [-0.39, 0.29) is 0 Å². The molecule has 0 amide bonds. The molecular weight excluding hydrogens is 316 g/mol. The van der Waals surface area contributed by atoms with Crippen LogP contribution in [-0.4, -0.2) is 47.7 Å². The number of halogens is 1. The van der Waals surface area contributed by atoms with Crippen molar-refractivity contribution in [2.45, 2.75) is 12.5 Å². The fourth-order valence-electron chi connectivity index (χ4n) is 2.74. The zero-order valence-corrected chi connectivity index (χ0v) is 13.4. The number of benzene rings is 1. The molecule has 4 nitrogen and oxygen atoms in total. The molecule has 0 radical (unpaired) electrons. The van der Waals surface area contributed by atoms with E-state index in [0.717, 1.165) is 16.8 Å². The molecule has 0 unspecified atom stereocenters. The molecule has 0 saturated carbocycles. The Kier molecular flexibility index (Phi) is 3.81. The number of likely N-dealkylation sites (tertiary alicyclic amines) is 1. The van der Waals surface area contributed by atoms with Gasteiger partial charge >= 0.3 is 0 Å². The first-order chi connectivity index (χ1) is 9.63. The summed E-state index contributed by atoms with van der Waals surface area (Å²) in [6, 6.07) is 9.26. The molecule has 1 aliphatic heterocycles. The van der Waals surface area contributed by atoms with Crippen LogP contribution in [0.15, 0.2) is 41.4 Å². The Labute approximate surface area is 128 Å². The van der Waals surface area contributed by atoms with Crippen molar-refractivity contribution in [3.05, 3.63) is 41.4 Å². The second-order valence-electron chi connectivity index (χ2n) is 5.44. The molecule has 1 atom stereocenters.